The third-order valence-corrected chi connectivity index (χ3v) is 4.49. The molecule has 0 unspecified atom stereocenters. The smallest absolute Gasteiger partial charge is 0.0849 e. The Hall–Kier alpha value is -2.26. The molecule has 0 aliphatic carbocycles. The van der Waals surface area contributed by atoms with Crippen molar-refractivity contribution in [2.24, 2.45) is 0 Å². The molecule has 0 bridgehead atoms. The van der Waals surface area contributed by atoms with Crippen molar-refractivity contribution in [2.75, 3.05) is 0 Å². The zero-order valence-electron chi connectivity index (χ0n) is 10.8. The number of nitrogens with zero attached hydrogens (tertiary/aromatic N) is 1. The number of rotatable bonds is 3. The van der Waals surface area contributed by atoms with Crippen LogP contribution in [-0.4, -0.2) is 9.19 Å². The van der Waals surface area contributed by atoms with E-state index in [0.717, 1.165) is 21.4 Å². The van der Waals surface area contributed by atoms with Gasteiger partial charge in [0.05, 0.1) is 16.3 Å². The summed E-state index contributed by atoms with van der Waals surface area (Å²) >= 11 is 0. The Morgan fingerprint density at radius 3 is 2.60 bits per heavy atom. The van der Waals surface area contributed by atoms with Crippen LogP contribution in [-0.2, 0) is 10.8 Å². The van der Waals surface area contributed by atoms with Gasteiger partial charge in [-0.2, -0.15) is 0 Å². The fourth-order valence-corrected chi connectivity index (χ4v) is 3.07. The SMILES string of the molecule is C=C(c1ccc2ncccc2c1)[S@@](=O)c1ccccc1. The van der Waals surface area contributed by atoms with Crippen LogP contribution in [0.4, 0.5) is 0 Å². The predicted octanol–water partition coefficient (Wildman–Crippen LogP) is 4.01. The number of hydrogen-bond acceptors (Lipinski definition) is 2. The molecule has 2 aromatic carbocycles. The molecule has 0 fully saturated rings. The fraction of sp³-hybridized carbons (Fsp3) is 0. The van der Waals surface area contributed by atoms with Gasteiger partial charge in [0.25, 0.3) is 0 Å². The molecule has 20 heavy (non-hydrogen) atoms. The minimum atomic E-state index is -1.24. The van der Waals surface area contributed by atoms with E-state index in [-0.39, 0.29) is 0 Å². The Morgan fingerprint density at radius 2 is 1.80 bits per heavy atom. The fourth-order valence-electron chi connectivity index (χ4n) is 2.04. The maximum Gasteiger partial charge on any atom is 0.0849 e. The van der Waals surface area contributed by atoms with Gasteiger partial charge >= 0.3 is 0 Å². The normalized spacial score (nSPS) is 12.2. The van der Waals surface area contributed by atoms with Crippen LogP contribution in [0, 0.1) is 0 Å². The summed E-state index contributed by atoms with van der Waals surface area (Å²) in [5.74, 6) is 0. The zero-order chi connectivity index (χ0) is 13.9. The van der Waals surface area contributed by atoms with Gasteiger partial charge in [0.1, 0.15) is 0 Å². The summed E-state index contributed by atoms with van der Waals surface area (Å²) in [6.45, 7) is 3.99. The summed E-state index contributed by atoms with van der Waals surface area (Å²) in [5, 5.41) is 1.02. The highest BCUT2D eigenvalue weighted by atomic mass is 32.2. The first-order chi connectivity index (χ1) is 9.75. The molecule has 0 aliphatic rings. The predicted molar refractivity (Wildman–Crippen MR) is 83.6 cm³/mol. The van der Waals surface area contributed by atoms with Gasteiger partial charge in [-0.3, -0.25) is 4.98 Å². The molecule has 2 nitrogen and oxygen atoms in total. The Bertz CT molecular complexity index is 796. The maximum atomic E-state index is 12.5. The maximum absolute atomic E-state index is 12.5. The summed E-state index contributed by atoms with van der Waals surface area (Å²) in [6, 6.07) is 19.1. The lowest BCUT2D eigenvalue weighted by Crippen LogP contribution is -1.94. The van der Waals surface area contributed by atoms with Crippen LogP contribution in [0.25, 0.3) is 15.8 Å². The second kappa shape index (κ2) is 5.39. The number of hydrogen-bond donors (Lipinski definition) is 0. The van der Waals surface area contributed by atoms with Crippen molar-refractivity contribution >= 4 is 26.6 Å². The summed E-state index contributed by atoms with van der Waals surface area (Å²) < 4.78 is 12.5. The molecular formula is C17H13NOS. The zero-order valence-corrected chi connectivity index (χ0v) is 11.6. The van der Waals surface area contributed by atoms with Crippen molar-refractivity contribution in [1.82, 2.24) is 4.98 Å². The standard InChI is InChI=1S/C17H13NOS/c1-13(20(19)16-7-3-2-4-8-16)14-9-10-17-15(12-14)6-5-11-18-17/h2-12H,1H2/t20-/m1/s1. The quantitative estimate of drug-likeness (QED) is 0.725. The molecule has 0 spiro atoms. The highest BCUT2D eigenvalue weighted by Crippen LogP contribution is 2.24. The third-order valence-electron chi connectivity index (χ3n) is 3.11. The lowest BCUT2D eigenvalue weighted by molar-refractivity contribution is 0.689. The van der Waals surface area contributed by atoms with E-state index >= 15 is 0 Å². The number of aromatic nitrogens is 1. The topological polar surface area (TPSA) is 30.0 Å². The van der Waals surface area contributed by atoms with Crippen LogP contribution in [0.3, 0.4) is 0 Å². The molecule has 1 atom stereocenters. The molecule has 3 rings (SSSR count). The van der Waals surface area contributed by atoms with Crippen LogP contribution in [0.15, 0.2) is 78.3 Å². The molecule has 1 aromatic heterocycles. The van der Waals surface area contributed by atoms with Gasteiger partial charge < -0.3 is 0 Å². The van der Waals surface area contributed by atoms with E-state index in [1.165, 1.54) is 0 Å². The van der Waals surface area contributed by atoms with E-state index in [1.54, 1.807) is 6.20 Å². The lowest BCUT2D eigenvalue weighted by atomic mass is 10.1. The minimum absolute atomic E-state index is 0.613. The monoisotopic (exact) mass is 279 g/mol. The van der Waals surface area contributed by atoms with Crippen LogP contribution in [0.2, 0.25) is 0 Å². The average molecular weight is 279 g/mol. The van der Waals surface area contributed by atoms with Crippen molar-refractivity contribution in [3.8, 4) is 0 Å². The first-order valence-corrected chi connectivity index (χ1v) is 7.41. The van der Waals surface area contributed by atoms with Crippen LogP contribution < -0.4 is 0 Å². The number of pyridine rings is 1. The molecule has 0 radical (unpaired) electrons. The largest absolute Gasteiger partial charge is 0.256 e. The van der Waals surface area contributed by atoms with Gasteiger partial charge in [0.2, 0.25) is 0 Å². The highest BCUT2D eigenvalue weighted by Gasteiger charge is 2.10. The summed E-state index contributed by atoms with van der Waals surface area (Å²) in [7, 11) is -1.24. The first-order valence-electron chi connectivity index (χ1n) is 6.26. The average Bonchev–Trinajstić information content (AvgIpc) is 2.54. The Labute approximate surface area is 120 Å². The Balaban J connectivity index is 1.98. The number of benzene rings is 2. The van der Waals surface area contributed by atoms with Crippen molar-refractivity contribution in [2.45, 2.75) is 4.90 Å². The van der Waals surface area contributed by atoms with E-state index < -0.39 is 10.8 Å². The second-order valence-corrected chi connectivity index (χ2v) is 5.92. The summed E-state index contributed by atoms with van der Waals surface area (Å²) in [6.07, 6.45) is 1.76. The molecule has 3 heteroatoms. The lowest BCUT2D eigenvalue weighted by Gasteiger charge is -2.07. The van der Waals surface area contributed by atoms with Crippen molar-refractivity contribution < 1.29 is 4.21 Å². The second-order valence-electron chi connectivity index (χ2n) is 4.42. The van der Waals surface area contributed by atoms with Gasteiger partial charge in [-0.15, -0.1) is 0 Å². The third kappa shape index (κ3) is 2.40. The van der Waals surface area contributed by atoms with Gasteiger partial charge in [0, 0.05) is 21.4 Å². The summed E-state index contributed by atoms with van der Waals surface area (Å²) in [5.41, 5.74) is 1.81. The van der Waals surface area contributed by atoms with Crippen molar-refractivity contribution in [1.29, 1.82) is 0 Å². The molecule has 0 saturated heterocycles. The highest BCUT2D eigenvalue weighted by molar-refractivity contribution is 7.94. The molecule has 0 amide bonds. The molecule has 0 N–H and O–H groups in total. The van der Waals surface area contributed by atoms with Gasteiger partial charge in [-0.05, 0) is 35.9 Å². The molecule has 1 heterocycles. The van der Waals surface area contributed by atoms with E-state index in [1.807, 2.05) is 60.7 Å². The van der Waals surface area contributed by atoms with E-state index in [0.29, 0.717) is 4.91 Å². The molecule has 3 aromatic rings. The van der Waals surface area contributed by atoms with E-state index in [4.69, 9.17) is 0 Å². The number of fused-ring (bicyclic) bond motifs is 1. The Kier molecular flexibility index (Phi) is 3.44. The van der Waals surface area contributed by atoms with Gasteiger partial charge in [-0.25, -0.2) is 4.21 Å². The van der Waals surface area contributed by atoms with Crippen molar-refractivity contribution in [3.05, 3.63) is 79.0 Å². The molecular weight excluding hydrogens is 266 g/mol. The summed E-state index contributed by atoms with van der Waals surface area (Å²) in [4.78, 5) is 5.66. The molecule has 0 saturated carbocycles. The molecule has 0 aliphatic heterocycles. The molecule has 98 valence electrons. The first kappa shape index (κ1) is 12.8. The van der Waals surface area contributed by atoms with Crippen molar-refractivity contribution in [3.63, 3.8) is 0 Å². The van der Waals surface area contributed by atoms with Gasteiger partial charge in [-0.1, -0.05) is 36.9 Å². The minimum Gasteiger partial charge on any atom is -0.256 e. The van der Waals surface area contributed by atoms with Gasteiger partial charge in [0.15, 0.2) is 0 Å². The van der Waals surface area contributed by atoms with Crippen LogP contribution in [0.1, 0.15) is 5.56 Å². The van der Waals surface area contributed by atoms with Crippen LogP contribution in [0.5, 0.6) is 0 Å². The Morgan fingerprint density at radius 1 is 1.00 bits per heavy atom. The van der Waals surface area contributed by atoms with E-state index in [9.17, 15) is 4.21 Å². The van der Waals surface area contributed by atoms with Crippen LogP contribution >= 0.6 is 0 Å². The van der Waals surface area contributed by atoms with E-state index in [2.05, 4.69) is 11.6 Å².